The number of nitrogens with one attached hydrogen (secondary N) is 1. The molecule has 0 saturated heterocycles. The number of aryl methyl sites for hydroxylation is 1. The summed E-state index contributed by atoms with van der Waals surface area (Å²) in [7, 11) is 0. The summed E-state index contributed by atoms with van der Waals surface area (Å²) in [6.45, 7) is 7.01. The zero-order valence-corrected chi connectivity index (χ0v) is 18.4. The molecule has 0 saturated carbocycles. The fourth-order valence-corrected chi connectivity index (χ4v) is 5.62. The minimum atomic E-state index is -0.104. The number of amides is 1. The van der Waals surface area contributed by atoms with Gasteiger partial charge in [-0.3, -0.25) is 4.79 Å². The first-order chi connectivity index (χ1) is 13.5. The number of thioether (sulfide) groups is 1. The van der Waals surface area contributed by atoms with Gasteiger partial charge in [0, 0.05) is 17.3 Å². The van der Waals surface area contributed by atoms with Crippen LogP contribution in [0.2, 0.25) is 0 Å². The molecule has 0 unspecified atom stereocenters. The Morgan fingerprint density at radius 1 is 1.29 bits per heavy atom. The molecule has 3 rings (SSSR count). The van der Waals surface area contributed by atoms with E-state index in [9.17, 15) is 10.1 Å². The second kappa shape index (κ2) is 9.57. The lowest BCUT2D eigenvalue weighted by Gasteiger charge is -2.09. The number of nitriles is 1. The van der Waals surface area contributed by atoms with Crippen molar-refractivity contribution >= 4 is 34.0 Å². The predicted molar refractivity (Wildman–Crippen MR) is 114 cm³/mol. The lowest BCUT2D eigenvalue weighted by Crippen LogP contribution is -2.15. The van der Waals surface area contributed by atoms with Crippen LogP contribution in [0.5, 0.6) is 0 Å². The predicted octanol–water partition coefficient (Wildman–Crippen LogP) is 4.74. The van der Waals surface area contributed by atoms with E-state index in [1.165, 1.54) is 29.5 Å². The normalized spacial score (nSPS) is 14.2. The van der Waals surface area contributed by atoms with Crippen LogP contribution in [0.1, 0.15) is 74.2 Å². The van der Waals surface area contributed by atoms with E-state index in [1.807, 2.05) is 0 Å². The molecular formula is C20H27N5OS2. The molecule has 0 radical (unpaired) electrons. The lowest BCUT2D eigenvalue weighted by molar-refractivity contribution is -0.113. The molecule has 0 atom stereocenters. The first-order valence-electron chi connectivity index (χ1n) is 9.95. The van der Waals surface area contributed by atoms with E-state index >= 15 is 0 Å². The Morgan fingerprint density at radius 3 is 2.71 bits per heavy atom. The number of rotatable bonds is 6. The summed E-state index contributed by atoms with van der Waals surface area (Å²) in [4.78, 5) is 13.8. The molecule has 0 spiro atoms. The topological polar surface area (TPSA) is 83.6 Å². The second-order valence-electron chi connectivity index (χ2n) is 7.31. The van der Waals surface area contributed by atoms with E-state index < -0.39 is 0 Å². The third kappa shape index (κ3) is 4.58. The van der Waals surface area contributed by atoms with Gasteiger partial charge in [0.25, 0.3) is 0 Å². The van der Waals surface area contributed by atoms with Crippen molar-refractivity contribution in [3.63, 3.8) is 0 Å². The highest BCUT2D eigenvalue weighted by atomic mass is 32.2. The van der Waals surface area contributed by atoms with Gasteiger partial charge in [-0.05, 0) is 38.2 Å². The van der Waals surface area contributed by atoms with Crippen LogP contribution in [0.15, 0.2) is 5.16 Å². The average Bonchev–Trinajstić information content (AvgIpc) is 3.20. The van der Waals surface area contributed by atoms with Gasteiger partial charge in [0.1, 0.15) is 16.9 Å². The van der Waals surface area contributed by atoms with Crippen molar-refractivity contribution in [2.75, 3.05) is 11.1 Å². The highest BCUT2D eigenvalue weighted by Crippen LogP contribution is 2.36. The average molecular weight is 418 g/mol. The van der Waals surface area contributed by atoms with Gasteiger partial charge in [-0.25, -0.2) is 0 Å². The van der Waals surface area contributed by atoms with Crippen LogP contribution in [0.4, 0.5) is 5.00 Å². The van der Waals surface area contributed by atoms with E-state index in [4.69, 9.17) is 0 Å². The first kappa shape index (κ1) is 20.9. The molecule has 1 aliphatic carbocycles. The number of aromatic nitrogens is 3. The van der Waals surface area contributed by atoms with Gasteiger partial charge in [0.15, 0.2) is 5.16 Å². The van der Waals surface area contributed by atoms with E-state index in [-0.39, 0.29) is 11.7 Å². The summed E-state index contributed by atoms with van der Waals surface area (Å²) in [6, 6.07) is 2.33. The molecule has 1 amide bonds. The largest absolute Gasteiger partial charge is 0.316 e. The molecule has 150 valence electrons. The van der Waals surface area contributed by atoms with Crippen LogP contribution in [-0.4, -0.2) is 26.4 Å². The van der Waals surface area contributed by atoms with E-state index in [1.54, 1.807) is 11.3 Å². The van der Waals surface area contributed by atoms with Gasteiger partial charge in [0.2, 0.25) is 5.91 Å². The summed E-state index contributed by atoms with van der Waals surface area (Å²) < 4.78 is 2.06. The first-order valence-corrected chi connectivity index (χ1v) is 11.8. The van der Waals surface area contributed by atoms with Crippen LogP contribution < -0.4 is 5.32 Å². The van der Waals surface area contributed by atoms with E-state index in [0.29, 0.717) is 16.5 Å². The standard InChI is InChI=1S/C20H27N5OS2/c1-4-25-18(13(2)3)23-24-20(25)27-12-17(26)22-19-15(11-21)14-9-7-5-6-8-10-16(14)28-19/h13H,4-10,12H2,1-3H3,(H,22,26). The highest BCUT2D eigenvalue weighted by Gasteiger charge is 2.21. The maximum absolute atomic E-state index is 12.6. The quantitative estimate of drug-likeness (QED) is 0.686. The zero-order chi connectivity index (χ0) is 20.1. The third-order valence-corrected chi connectivity index (χ3v) is 7.12. The summed E-state index contributed by atoms with van der Waals surface area (Å²) in [6.07, 6.45) is 6.69. The van der Waals surface area contributed by atoms with Crippen LogP contribution >= 0.6 is 23.1 Å². The number of hydrogen-bond acceptors (Lipinski definition) is 6. The van der Waals surface area contributed by atoms with E-state index in [2.05, 4.69) is 46.9 Å². The summed E-state index contributed by atoms with van der Waals surface area (Å²) >= 11 is 2.97. The summed E-state index contributed by atoms with van der Waals surface area (Å²) in [5.41, 5.74) is 1.82. The Morgan fingerprint density at radius 2 is 2.04 bits per heavy atom. The van der Waals surface area contributed by atoms with Gasteiger partial charge in [-0.2, -0.15) is 5.26 Å². The maximum atomic E-state index is 12.6. The maximum Gasteiger partial charge on any atom is 0.235 e. The highest BCUT2D eigenvalue weighted by molar-refractivity contribution is 7.99. The SMILES string of the molecule is CCn1c(SCC(=O)Nc2sc3c(c2C#N)CCCCCC3)nnc1C(C)C. The Hall–Kier alpha value is -1.85. The Labute approximate surface area is 174 Å². The molecular weight excluding hydrogens is 390 g/mol. The van der Waals surface area contributed by atoms with Crippen molar-refractivity contribution in [3.05, 3.63) is 21.8 Å². The van der Waals surface area contributed by atoms with E-state index in [0.717, 1.165) is 48.8 Å². The van der Waals surface area contributed by atoms with Crippen LogP contribution in [0, 0.1) is 11.3 Å². The Kier molecular flexibility index (Phi) is 7.13. The smallest absolute Gasteiger partial charge is 0.235 e. The molecule has 0 aliphatic heterocycles. The van der Waals surface area contributed by atoms with Crippen molar-refractivity contribution in [2.45, 2.75) is 76.9 Å². The molecule has 6 nitrogen and oxygen atoms in total. The number of carbonyl (C=O) groups is 1. The second-order valence-corrected chi connectivity index (χ2v) is 9.36. The van der Waals surface area contributed by atoms with Crippen molar-refractivity contribution in [2.24, 2.45) is 0 Å². The zero-order valence-electron chi connectivity index (χ0n) is 16.7. The van der Waals surface area contributed by atoms with Crippen LogP contribution in [0.3, 0.4) is 0 Å². The fraction of sp³-hybridized carbons (Fsp3) is 0.600. The molecule has 8 heteroatoms. The monoisotopic (exact) mass is 417 g/mol. The molecule has 2 aromatic rings. The lowest BCUT2D eigenvalue weighted by atomic mass is 9.97. The molecule has 28 heavy (non-hydrogen) atoms. The van der Waals surface area contributed by atoms with Crippen molar-refractivity contribution in [1.29, 1.82) is 5.26 Å². The summed E-state index contributed by atoms with van der Waals surface area (Å²) in [5, 5.41) is 22.6. The van der Waals surface area contributed by atoms with Gasteiger partial charge in [-0.15, -0.1) is 21.5 Å². The fourth-order valence-electron chi connectivity index (χ4n) is 3.55. The molecule has 0 bridgehead atoms. The molecule has 2 heterocycles. The molecule has 2 aromatic heterocycles. The van der Waals surface area contributed by atoms with Gasteiger partial charge in [-0.1, -0.05) is 38.5 Å². The number of anilines is 1. The minimum absolute atomic E-state index is 0.104. The van der Waals surface area contributed by atoms with Gasteiger partial charge >= 0.3 is 0 Å². The van der Waals surface area contributed by atoms with Crippen LogP contribution in [0.25, 0.3) is 0 Å². The number of carbonyl (C=O) groups excluding carboxylic acids is 1. The van der Waals surface area contributed by atoms with Crippen LogP contribution in [-0.2, 0) is 24.2 Å². The minimum Gasteiger partial charge on any atom is -0.316 e. The van der Waals surface area contributed by atoms with Crippen molar-refractivity contribution in [1.82, 2.24) is 14.8 Å². The molecule has 1 N–H and O–H groups in total. The number of hydrogen-bond donors (Lipinski definition) is 1. The van der Waals surface area contributed by atoms with Gasteiger partial charge in [0.05, 0.1) is 11.3 Å². The Balaban J connectivity index is 1.69. The molecule has 0 fully saturated rings. The number of fused-ring (bicyclic) bond motifs is 1. The van der Waals surface area contributed by atoms with Gasteiger partial charge < -0.3 is 9.88 Å². The number of thiophene rings is 1. The van der Waals surface area contributed by atoms with Crippen molar-refractivity contribution < 1.29 is 4.79 Å². The van der Waals surface area contributed by atoms with Crippen molar-refractivity contribution in [3.8, 4) is 6.07 Å². The molecule has 0 aromatic carbocycles. The third-order valence-electron chi connectivity index (χ3n) is 4.95. The molecule has 1 aliphatic rings. The number of nitrogens with zero attached hydrogens (tertiary/aromatic N) is 4. The Bertz CT molecular complexity index is 878. The summed E-state index contributed by atoms with van der Waals surface area (Å²) in [5.74, 6) is 1.38.